The number of carbonyl (C=O) groups excluding carboxylic acids is 1. The van der Waals surface area contributed by atoms with Crippen LogP contribution in [0.4, 0.5) is 5.82 Å². The van der Waals surface area contributed by atoms with Crippen LogP contribution in [0.2, 0.25) is 0 Å². The lowest BCUT2D eigenvalue weighted by atomic mass is 10.1. The first-order valence-electron chi connectivity index (χ1n) is 6.50. The van der Waals surface area contributed by atoms with Crippen molar-refractivity contribution < 1.29 is 4.79 Å². The SMILES string of the molecule is C/C=C(/Nc1cc2n(n1)CCN(C)C2C)C(=O)NC. The molecule has 1 aromatic rings. The summed E-state index contributed by atoms with van der Waals surface area (Å²) in [5, 5.41) is 10.2. The third-order valence-corrected chi connectivity index (χ3v) is 3.59. The van der Waals surface area contributed by atoms with Gasteiger partial charge in [-0.2, -0.15) is 5.10 Å². The van der Waals surface area contributed by atoms with E-state index in [1.54, 1.807) is 13.1 Å². The predicted octanol–water partition coefficient (Wildman–Crippen LogP) is 0.951. The summed E-state index contributed by atoms with van der Waals surface area (Å²) in [7, 11) is 3.72. The van der Waals surface area contributed by atoms with Crippen LogP contribution in [-0.2, 0) is 11.3 Å². The van der Waals surface area contributed by atoms with E-state index in [0.29, 0.717) is 17.6 Å². The molecule has 1 unspecified atom stereocenters. The molecule has 0 fully saturated rings. The molecule has 1 aliphatic heterocycles. The van der Waals surface area contributed by atoms with Crippen molar-refractivity contribution in [1.29, 1.82) is 0 Å². The Balaban J connectivity index is 2.20. The van der Waals surface area contributed by atoms with Crippen molar-refractivity contribution in [3.8, 4) is 0 Å². The predicted molar refractivity (Wildman–Crippen MR) is 74.7 cm³/mol. The van der Waals surface area contributed by atoms with Crippen LogP contribution in [0.1, 0.15) is 25.6 Å². The van der Waals surface area contributed by atoms with E-state index in [-0.39, 0.29) is 5.91 Å². The van der Waals surface area contributed by atoms with Crippen molar-refractivity contribution in [1.82, 2.24) is 20.0 Å². The van der Waals surface area contributed by atoms with Gasteiger partial charge >= 0.3 is 0 Å². The number of hydrogen-bond donors (Lipinski definition) is 2. The van der Waals surface area contributed by atoms with E-state index in [4.69, 9.17) is 0 Å². The van der Waals surface area contributed by atoms with E-state index >= 15 is 0 Å². The van der Waals surface area contributed by atoms with Crippen LogP contribution in [0.3, 0.4) is 0 Å². The van der Waals surface area contributed by atoms with Crippen molar-refractivity contribution in [2.75, 3.05) is 26.0 Å². The van der Waals surface area contributed by atoms with Crippen molar-refractivity contribution in [2.45, 2.75) is 26.4 Å². The number of hydrogen-bond acceptors (Lipinski definition) is 4. The molecule has 6 heteroatoms. The van der Waals surface area contributed by atoms with Gasteiger partial charge in [-0.05, 0) is 20.9 Å². The number of rotatable bonds is 3. The highest BCUT2D eigenvalue weighted by atomic mass is 16.2. The normalized spacial score (nSPS) is 20.0. The summed E-state index contributed by atoms with van der Waals surface area (Å²) >= 11 is 0. The molecule has 2 N–H and O–H groups in total. The van der Waals surface area contributed by atoms with E-state index in [9.17, 15) is 4.79 Å². The quantitative estimate of drug-likeness (QED) is 0.797. The molecule has 1 amide bonds. The Kier molecular flexibility index (Phi) is 3.90. The summed E-state index contributed by atoms with van der Waals surface area (Å²) in [5.41, 5.74) is 1.68. The lowest BCUT2D eigenvalue weighted by molar-refractivity contribution is -0.116. The number of allylic oxidation sites excluding steroid dienone is 1. The second-order valence-electron chi connectivity index (χ2n) is 4.74. The summed E-state index contributed by atoms with van der Waals surface area (Å²) in [5.74, 6) is 0.576. The Hall–Kier alpha value is -1.82. The molecule has 1 aromatic heterocycles. The molecule has 1 atom stereocenters. The zero-order valence-electron chi connectivity index (χ0n) is 11.9. The van der Waals surface area contributed by atoms with Gasteiger partial charge in [0.15, 0.2) is 5.82 Å². The van der Waals surface area contributed by atoms with Gasteiger partial charge in [0.1, 0.15) is 5.70 Å². The first kappa shape index (κ1) is 13.6. The van der Waals surface area contributed by atoms with Gasteiger partial charge in [0, 0.05) is 25.7 Å². The van der Waals surface area contributed by atoms with E-state index in [1.165, 1.54) is 5.69 Å². The lowest BCUT2D eigenvalue weighted by Gasteiger charge is -2.30. The Morgan fingerprint density at radius 2 is 2.26 bits per heavy atom. The van der Waals surface area contributed by atoms with E-state index in [1.807, 2.05) is 17.7 Å². The number of aromatic nitrogens is 2. The summed E-state index contributed by atoms with van der Waals surface area (Å²) < 4.78 is 2.00. The van der Waals surface area contributed by atoms with Crippen LogP contribution in [0.5, 0.6) is 0 Å². The molecule has 0 bridgehead atoms. The highest BCUT2D eigenvalue weighted by Gasteiger charge is 2.23. The molecule has 0 saturated carbocycles. The molecule has 104 valence electrons. The molecule has 2 heterocycles. The summed E-state index contributed by atoms with van der Waals surface area (Å²) in [6, 6.07) is 2.35. The summed E-state index contributed by atoms with van der Waals surface area (Å²) in [4.78, 5) is 13.9. The van der Waals surface area contributed by atoms with Crippen molar-refractivity contribution in [3.63, 3.8) is 0 Å². The monoisotopic (exact) mass is 263 g/mol. The van der Waals surface area contributed by atoms with Crippen LogP contribution in [0.25, 0.3) is 0 Å². The van der Waals surface area contributed by atoms with Crippen LogP contribution < -0.4 is 10.6 Å². The standard InChI is InChI=1S/C13H21N5O/c1-5-10(13(19)14-3)15-12-8-11-9(2)17(4)6-7-18(11)16-12/h5,8-9H,6-7H2,1-4H3,(H,14,19)(H,15,16)/b10-5+. The molecular weight excluding hydrogens is 242 g/mol. The fraction of sp³-hybridized carbons (Fsp3) is 0.538. The first-order chi connectivity index (χ1) is 9.06. The third-order valence-electron chi connectivity index (χ3n) is 3.59. The molecule has 0 aliphatic carbocycles. The minimum Gasteiger partial charge on any atom is -0.354 e. The maximum absolute atomic E-state index is 11.6. The number of nitrogens with one attached hydrogen (secondary N) is 2. The minimum atomic E-state index is -0.140. The fourth-order valence-corrected chi connectivity index (χ4v) is 2.21. The van der Waals surface area contributed by atoms with E-state index in [2.05, 4.69) is 34.6 Å². The zero-order valence-corrected chi connectivity index (χ0v) is 11.9. The van der Waals surface area contributed by atoms with Crippen molar-refractivity contribution >= 4 is 11.7 Å². The summed E-state index contributed by atoms with van der Waals surface area (Å²) in [6.45, 7) is 5.85. The number of carbonyl (C=O) groups is 1. The Morgan fingerprint density at radius 1 is 1.53 bits per heavy atom. The fourth-order valence-electron chi connectivity index (χ4n) is 2.21. The number of fused-ring (bicyclic) bond motifs is 1. The largest absolute Gasteiger partial charge is 0.354 e. The topological polar surface area (TPSA) is 62.2 Å². The number of likely N-dealkylation sites (N-methyl/N-ethyl adjacent to an activating group) is 2. The smallest absolute Gasteiger partial charge is 0.267 e. The Labute approximate surface area is 113 Å². The molecule has 19 heavy (non-hydrogen) atoms. The van der Waals surface area contributed by atoms with Crippen LogP contribution >= 0.6 is 0 Å². The molecule has 0 radical (unpaired) electrons. The van der Waals surface area contributed by atoms with Gasteiger partial charge in [0.05, 0.1) is 12.2 Å². The first-order valence-corrected chi connectivity index (χ1v) is 6.50. The van der Waals surface area contributed by atoms with Gasteiger partial charge in [-0.1, -0.05) is 6.08 Å². The van der Waals surface area contributed by atoms with Crippen LogP contribution in [-0.4, -0.2) is 41.2 Å². The van der Waals surface area contributed by atoms with Gasteiger partial charge < -0.3 is 10.6 Å². The number of amides is 1. The molecule has 0 saturated heterocycles. The molecule has 0 aromatic carbocycles. The van der Waals surface area contributed by atoms with Crippen molar-refractivity contribution in [2.24, 2.45) is 0 Å². The molecule has 1 aliphatic rings. The molecule has 2 rings (SSSR count). The maximum Gasteiger partial charge on any atom is 0.267 e. The molecular formula is C13H21N5O. The number of nitrogens with zero attached hydrogens (tertiary/aromatic N) is 3. The average Bonchev–Trinajstić information content (AvgIpc) is 2.83. The van der Waals surface area contributed by atoms with Gasteiger partial charge in [-0.3, -0.25) is 14.4 Å². The summed E-state index contributed by atoms with van der Waals surface area (Å²) in [6.07, 6.45) is 1.74. The van der Waals surface area contributed by atoms with Gasteiger partial charge in [0.25, 0.3) is 5.91 Å². The maximum atomic E-state index is 11.6. The van der Waals surface area contributed by atoms with Crippen LogP contribution in [0.15, 0.2) is 17.8 Å². The third kappa shape index (κ3) is 2.63. The Morgan fingerprint density at radius 3 is 2.89 bits per heavy atom. The molecule has 0 spiro atoms. The highest BCUT2D eigenvalue weighted by molar-refractivity contribution is 5.95. The van der Waals surface area contributed by atoms with Gasteiger partial charge in [-0.25, -0.2) is 0 Å². The van der Waals surface area contributed by atoms with Gasteiger partial charge in [-0.15, -0.1) is 0 Å². The number of anilines is 1. The van der Waals surface area contributed by atoms with Gasteiger partial charge in [0.2, 0.25) is 0 Å². The average molecular weight is 263 g/mol. The highest BCUT2D eigenvalue weighted by Crippen LogP contribution is 2.25. The lowest BCUT2D eigenvalue weighted by Crippen LogP contribution is -2.33. The van der Waals surface area contributed by atoms with E-state index in [0.717, 1.165) is 13.1 Å². The molecule has 6 nitrogen and oxygen atoms in total. The minimum absolute atomic E-state index is 0.140. The van der Waals surface area contributed by atoms with Crippen LogP contribution in [0, 0.1) is 0 Å². The van der Waals surface area contributed by atoms with Crippen molar-refractivity contribution in [3.05, 3.63) is 23.5 Å². The van der Waals surface area contributed by atoms with E-state index < -0.39 is 0 Å². The second kappa shape index (κ2) is 5.44. The second-order valence-corrected chi connectivity index (χ2v) is 4.74. The Bertz CT molecular complexity index is 505. The zero-order chi connectivity index (χ0) is 14.0.